The van der Waals surface area contributed by atoms with Crippen molar-refractivity contribution in [2.24, 2.45) is 23.2 Å². The Morgan fingerprint density at radius 1 is 0.969 bits per heavy atom. The zero-order chi connectivity index (χ0) is 22.1. The lowest BCUT2D eigenvalue weighted by molar-refractivity contribution is -0.146. The van der Waals surface area contributed by atoms with E-state index in [4.69, 9.17) is 0 Å². The summed E-state index contributed by atoms with van der Waals surface area (Å²) in [5, 5.41) is 6.17. The smallest absolute Gasteiger partial charge is 0.251 e. The van der Waals surface area contributed by atoms with E-state index in [0.29, 0.717) is 31.6 Å². The SMILES string of the molecule is O=C(NC1CCN(C(=O)CCNC(=O)C23CC4CC(CC(C4)C2)C3)CC1)c1ccncc1. The zero-order valence-electron chi connectivity index (χ0n) is 18.7. The van der Waals surface area contributed by atoms with Gasteiger partial charge in [0.15, 0.2) is 0 Å². The first-order chi connectivity index (χ1) is 15.5. The maximum absolute atomic E-state index is 13.0. The number of hydrogen-bond acceptors (Lipinski definition) is 4. The number of likely N-dealkylation sites (tertiary alicyclic amines) is 1. The van der Waals surface area contributed by atoms with E-state index in [1.807, 2.05) is 4.90 Å². The van der Waals surface area contributed by atoms with E-state index in [9.17, 15) is 14.4 Å². The summed E-state index contributed by atoms with van der Waals surface area (Å²) in [6, 6.07) is 3.48. The topological polar surface area (TPSA) is 91.4 Å². The fourth-order valence-electron chi connectivity index (χ4n) is 7.06. The van der Waals surface area contributed by atoms with Gasteiger partial charge in [-0.05, 0) is 81.3 Å². The van der Waals surface area contributed by atoms with Crippen molar-refractivity contribution in [3.63, 3.8) is 0 Å². The summed E-state index contributed by atoms with van der Waals surface area (Å²) in [6.45, 7) is 1.71. The van der Waals surface area contributed by atoms with Crippen LogP contribution >= 0.6 is 0 Å². The molecule has 5 aliphatic rings. The number of pyridine rings is 1. The second-order valence-corrected chi connectivity index (χ2v) is 10.6. The Labute approximate surface area is 189 Å². The number of carbonyl (C=O) groups excluding carboxylic acids is 3. The lowest BCUT2D eigenvalue weighted by Gasteiger charge is -2.55. The van der Waals surface area contributed by atoms with E-state index >= 15 is 0 Å². The molecule has 1 saturated heterocycles. The number of piperidine rings is 1. The molecule has 0 radical (unpaired) electrons. The van der Waals surface area contributed by atoms with Gasteiger partial charge in [0.1, 0.15) is 0 Å². The summed E-state index contributed by atoms with van der Waals surface area (Å²) in [5.74, 6) is 2.43. The molecule has 0 spiro atoms. The predicted molar refractivity (Wildman–Crippen MR) is 120 cm³/mol. The molecule has 1 aromatic rings. The van der Waals surface area contributed by atoms with Crippen molar-refractivity contribution in [1.29, 1.82) is 0 Å². The minimum Gasteiger partial charge on any atom is -0.355 e. The van der Waals surface area contributed by atoms with Crippen LogP contribution in [-0.4, -0.2) is 53.3 Å². The Morgan fingerprint density at radius 3 is 2.16 bits per heavy atom. The van der Waals surface area contributed by atoms with Crippen LogP contribution in [0.25, 0.3) is 0 Å². The van der Waals surface area contributed by atoms with Gasteiger partial charge < -0.3 is 15.5 Å². The molecule has 2 heterocycles. The van der Waals surface area contributed by atoms with Crippen molar-refractivity contribution in [2.75, 3.05) is 19.6 Å². The fourth-order valence-corrected chi connectivity index (χ4v) is 7.06. The molecule has 1 aromatic heterocycles. The van der Waals surface area contributed by atoms with Gasteiger partial charge in [-0.3, -0.25) is 19.4 Å². The Hall–Kier alpha value is -2.44. The number of aromatic nitrogens is 1. The fraction of sp³-hybridized carbons (Fsp3) is 0.680. The van der Waals surface area contributed by atoms with E-state index in [0.717, 1.165) is 49.9 Å². The highest BCUT2D eigenvalue weighted by Gasteiger charge is 2.54. The van der Waals surface area contributed by atoms with Crippen LogP contribution in [-0.2, 0) is 9.59 Å². The zero-order valence-corrected chi connectivity index (χ0v) is 18.7. The van der Waals surface area contributed by atoms with Gasteiger partial charge in [0.2, 0.25) is 11.8 Å². The standard InChI is InChI=1S/C25H34N4O3/c30-22(29-9-4-21(5-10-29)28-23(31)20-1-6-26-7-2-20)3-8-27-24(32)25-14-17-11-18(15-25)13-19(12-17)16-25/h1-2,6-7,17-19,21H,3-5,8-16H2,(H,27,32)(H,28,31). The first-order valence-corrected chi connectivity index (χ1v) is 12.3. The summed E-state index contributed by atoms with van der Waals surface area (Å²) < 4.78 is 0. The number of nitrogens with one attached hydrogen (secondary N) is 2. The normalized spacial score (nSPS) is 31.4. The summed E-state index contributed by atoms with van der Waals surface area (Å²) >= 11 is 0. The van der Waals surface area contributed by atoms with Crippen LogP contribution in [0.5, 0.6) is 0 Å². The van der Waals surface area contributed by atoms with E-state index < -0.39 is 0 Å². The Kier molecular flexibility index (Phi) is 5.91. The molecule has 5 fully saturated rings. The highest BCUT2D eigenvalue weighted by atomic mass is 16.2. The maximum atomic E-state index is 13.0. The highest BCUT2D eigenvalue weighted by Crippen LogP contribution is 2.60. The molecule has 6 rings (SSSR count). The number of amides is 3. The summed E-state index contributed by atoms with van der Waals surface area (Å²) in [7, 11) is 0. The van der Waals surface area contributed by atoms with E-state index in [1.165, 1.54) is 19.3 Å². The van der Waals surface area contributed by atoms with Crippen LogP contribution in [0.4, 0.5) is 0 Å². The molecule has 4 saturated carbocycles. The van der Waals surface area contributed by atoms with Crippen LogP contribution in [0.1, 0.15) is 68.1 Å². The van der Waals surface area contributed by atoms with Crippen LogP contribution in [0, 0.1) is 23.2 Å². The third-order valence-electron chi connectivity index (χ3n) is 8.27. The van der Waals surface area contributed by atoms with Crippen molar-refractivity contribution in [3.05, 3.63) is 30.1 Å². The molecule has 32 heavy (non-hydrogen) atoms. The third kappa shape index (κ3) is 4.39. The molecule has 3 amide bonds. The van der Waals surface area contributed by atoms with Crippen molar-refractivity contribution in [3.8, 4) is 0 Å². The first-order valence-electron chi connectivity index (χ1n) is 12.3. The number of carbonyl (C=O) groups is 3. The number of rotatable bonds is 6. The van der Waals surface area contributed by atoms with Gasteiger partial charge in [-0.15, -0.1) is 0 Å². The lowest BCUT2D eigenvalue weighted by Crippen LogP contribution is -2.54. The second kappa shape index (κ2) is 8.83. The van der Waals surface area contributed by atoms with Crippen molar-refractivity contribution >= 4 is 17.7 Å². The van der Waals surface area contributed by atoms with Crippen LogP contribution < -0.4 is 10.6 Å². The molecule has 4 aliphatic carbocycles. The van der Waals surface area contributed by atoms with Crippen molar-refractivity contribution in [1.82, 2.24) is 20.5 Å². The van der Waals surface area contributed by atoms with Gasteiger partial charge >= 0.3 is 0 Å². The van der Waals surface area contributed by atoms with Gasteiger partial charge in [0.05, 0.1) is 0 Å². The third-order valence-corrected chi connectivity index (χ3v) is 8.27. The van der Waals surface area contributed by atoms with Gasteiger partial charge in [0.25, 0.3) is 5.91 Å². The first kappa shape index (κ1) is 21.4. The molecule has 7 heteroatoms. The lowest BCUT2D eigenvalue weighted by atomic mass is 9.49. The van der Waals surface area contributed by atoms with Gasteiger partial charge in [0, 0.05) is 55.5 Å². The van der Waals surface area contributed by atoms with Gasteiger partial charge in [-0.1, -0.05) is 0 Å². The Balaban J connectivity index is 1.03. The quantitative estimate of drug-likeness (QED) is 0.714. The molecule has 0 aromatic carbocycles. The summed E-state index contributed by atoms with van der Waals surface area (Å²) in [5.41, 5.74) is 0.455. The minimum absolute atomic E-state index is 0.0792. The minimum atomic E-state index is -0.150. The average Bonchev–Trinajstić information content (AvgIpc) is 2.79. The van der Waals surface area contributed by atoms with Gasteiger partial charge in [-0.25, -0.2) is 0 Å². The molecule has 2 N–H and O–H groups in total. The summed E-state index contributed by atoms with van der Waals surface area (Å²) in [6.07, 6.45) is 12.2. The molecule has 172 valence electrons. The number of nitrogens with zero attached hydrogens (tertiary/aromatic N) is 2. The van der Waals surface area contributed by atoms with Crippen molar-refractivity contribution < 1.29 is 14.4 Å². The van der Waals surface area contributed by atoms with Crippen LogP contribution in [0.3, 0.4) is 0 Å². The van der Waals surface area contributed by atoms with Crippen molar-refractivity contribution in [2.45, 2.75) is 63.8 Å². The monoisotopic (exact) mass is 438 g/mol. The molecule has 1 aliphatic heterocycles. The largest absolute Gasteiger partial charge is 0.355 e. The van der Waals surface area contributed by atoms with E-state index in [-0.39, 0.29) is 29.2 Å². The predicted octanol–water partition coefficient (Wildman–Crippen LogP) is 2.53. The number of hydrogen-bond donors (Lipinski definition) is 2. The van der Waals surface area contributed by atoms with E-state index in [1.54, 1.807) is 24.5 Å². The molecular weight excluding hydrogens is 404 g/mol. The maximum Gasteiger partial charge on any atom is 0.251 e. The summed E-state index contributed by atoms with van der Waals surface area (Å²) in [4.78, 5) is 43.8. The van der Waals surface area contributed by atoms with Crippen LogP contribution in [0.2, 0.25) is 0 Å². The molecule has 0 atom stereocenters. The molecule has 0 unspecified atom stereocenters. The van der Waals surface area contributed by atoms with Gasteiger partial charge in [-0.2, -0.15) is 0 Å². The Morgan fingerprint density at radius 2 is 1.56 bits per heavy atom. The Bertz CT molecular complexity index is 828. The highest BCUT2D eigenvalue weighted by molar-refractivity contribution is 5.94. The van der Waals surface area contributed by atoms with Crippen LogP contribution in [0.15, 0.2) is 24.5 Å². The molecule has 4 bridgehead atoms. The molecular formula is C25H34N4O3. The molecule has 7 nitrogen and oxygen atoms in total. The second-order valence-electron chi connectivity index (χ2n) is 10.6. The average molecular weight is 439 g/mol. The van der Waals surface area contributed by atoms with E-state index in [2.05, 4.69) is 15.6 Å².